The molecule has 0 radical (unpaired) electrons. The zero-order valence-electron chi connectivity index (χ0n) is 28.3. The van der Waals surface area contributed by atoms with E-state index in [0.29, 0.717) is 0 Å². The minimum Gasteiger partial charge on any atom is -0.296 e. The molecule has 10 rings (SSSR count). The number of aryl methyl sites for hydroxylation is 1. The third-order valence-corrected chi connectivity index (χ3v) is 10.5. The van der Waals surface area contributed by atoms with Crippen LogP contribution in [-0.4, -0.2) is 9.55 Å². The van der Waals surface area contributed by atoms with Crippen LogP contribution < -0.4 is 0 Å². The van der Waals surface area contributed by atoms with E-state index in [1.54, 1.807) is 0 Å². The number of benzene rings is 9. The SMILES string of the molecule is CCc1nc2ccccc2n1-c1ccc(-c2ccc3c(-c4ccc5ccccc5c4)c4ccccc4c(-c4ccc5ccccc5c4)c3c2)cc1. The largest absolute Gasteiger partial charge is 0.296 e. The smallest absolute Gasteiger partial charge is 0.114 e. The molecule has 0 bridgehead atoms. The molecule has 51 heavy (non-hydrogen) atoms. The van der Waals surface area contributed by atoms with Crippen molar-refractivity contribution in [2.24, 2.45) is 0 Å². The first-order valence-corrected chi connectivity index (χ1v) is 17.8. The Labute approximate surface area is 296 Å². The minimum absolute atomic E-state index is 0.867. The fraction of sp³-hybridized carbons (Fsp3) is 0.0408. The second kappa shape index (κ2) is 11.8. The molecule has 0 aliphatic rings. The van der Waals surface area contributed by atoms with E-state index in [1.165, 1.54) is 76.5 Å². The fourth-order valence-corrected chi connectivity index (χ4v) is 8.07. The van der Waals surface area contributed by atoms with Gasteiger partial charge in [-0.1, -0.05) is 140 Å². The molecule has 0 spiro atoms. The molecule has 0 saturated heterocycles. The molecule has 240 valence electrons. The Balaban J connectivity index is 1.21. The summed E-state index contributed by atoms with van der Waals surface area (Å²) in [6.45, 7) is 2.17. The van der Waals surface area contributed by atoms with Crippen molar-refractivity contribution in [1.82, 2.24) is 9.55 Å². The van der Waals surface area contributed by atoms with Gasteiger partial charge in [0.2, 0.25) is 0 Å². The second-order valence-electron chi connectivity index (χ2n) is 13.4. The van der Waals surface area contributed by atoms with Crippen LogP contribution >= 0.6 is 0 Å². The van der Waals surface area contributed by atoms with Crippen LogP contribution in [0.25, 0.3) is 93.2 Å². The van der Waals surface area contributed by atoms with E-state index < -0.39 is 0 Å². The fourth-order valence-electron chi connectivity index (χ4n) is 8.07. The van der Waals surface area contributed by atoms with Crippen LogP contribution in [0.15, 0.2) is 176 Å². The summed E-state index contributed by atoms with van der Waals surface area (Å²) in [5.41, 5.74) is 10.7. The number of rotatable bonds is 5. The molecule has 0 fully saturated rings. The van der Waals surface area contributed by atoms with Gasteiger partial charge in [-0.05, 0) is 119 Å². The first-order valence-electron chi connectivity index (χ1n) is 17.8. The molecule has 0 unspecified atom stereocenters. The minimum atomic E-state index is 0.867. The normalized spacial score (nSPS) is 11.7. The van der Waals surface area contributed by atoms with Crippen molar-refractivity contribution in [3.8, 4) is 39.1 Å². The summed E-state index contributed by atoms with van der Waals surface area (Å²) >= 11 is 0. The highest BCUT2D eigenvalue weighted by atomic mass is 15.1. The van der Waals surface area contributed by atoms with Gasteiger partial charge in [0.05, 0.1) is 11.0 Å². The van der Waals surface area contributed by atoms with Gasteiger partial charge in [0.1, 0.15) is 5.82 Å². The van der Waals surface area contributed by atoms with Crippen LogP contribution in [0.3, 0.4) is 0 Å². The number of aromatic nitrogens is 2. The molecule has 1 aromatic heterocycles. The quantitative estimate of drug-likeness (QED) is 0.170. The van der Waals surface area contributed by atoms with E-state index in [4.69, 9.17) is 4.98 Å². The zero-order chi connectivity index (χ0) is 33.9. The van der Waals surface area contributed by atoms with Crippen molar-refractivity contribution in [3.05, 3.63) is 182 Å². The monoisotopic (exact) mass is 650 g/mol. The average Bonchev–Trinajstić information content (AvgIpc) is 3.58. The van der Waals surface area contributed by atoms with Gasteiger partial charge in [0, 0.05) is 12.1 Å². The lowest BCUT2D eigenvalue weighted by Gasteiger charge is -2.19. The number of hydrogen-bond acceptors (Lipinski definition) is 1. The highest BCUT2D eigenvalue weighted by Gasteiger charge is 2.18. The molecule has 0 atom stereocenters. The summed E-state index contributed by atoms with van der Waals surface area (Å²) in [4.78, 5) is 4.92. The van der Waals surface area contributed by atoms with E-state index in [1.807, 2.05) is 0 Å². The van der Waals surface area contributed by atoms with Gasteiger partial charge in [-0.2, -0.15) is 0 Å². The summed E-state index contributed by atoms with van der Waals surface area (Å²) in [5, 5.41) is 10.0. The first-order chi connectivity index (χ1) is 25.2. The number of hydrogen-bond donors (Lipinski definition) is 0. The highest BCUT2D eigenvalue weighted by molar-refractivity contribution is 6.22. The molecular formula is C49H34N2. The Bertz CT molecular complexity index is 2950. The maximum Gasteiger partial charge on any atom is 0.114 e. The van der Waals surface area contributed by atoms with Gasteiger partial charge in [-0.15, -0.1) is 0 Å². The van der Waals surface area contributed by atoms with Gasteiger partial charge < -0.3 is 0 Å². The number of fused-ring (bicyclic) bond motifs is 5. The van der Waals surface area contributed by atoms with E-state index >= 15 is 0 Å². The lowest BCUT2D eigenvalue weighted by atomic mass is 9.84. The molecule has 0 N–H and O–H groups in total. The predicted molar refractivity (Wildman–Crippen MR) is 217 cm³/mol. The molecule has 1 heterocycles. The van der Waals surface area contributed by atoms with Crippen LogP contribution in [0.4, 0.5) is 0 Å². The molecule has 0 amide bonds. The van der Waals surface area contributed by atoms with Crippen molar-refractivity contribution in [3.63, 3.8) is 0 Å². The summed E-state index contributed by atoms with van der Waals surface area (Å²) in [7, 11) is 0. The Morgan fingerprint density at radius 2 is 0.922 bits per heavy atom. The third-order valence-electron chi connectivity index (χ3n) is 10.5. The van der Waals surface area contributed by atoms with E-state index in [9.17, 15) is 0 Å². The molecule has 0 aliphatic heterocycles. The van der Waals surface area contributed by atoms with Crippen molar-refractivity contribution < 1.29 is 0 Å². The lowest BCUT2D eigenvalue weighted by molar-refractivity contribution is 0.908. The molecule has 10 aromatic rings. The van der Waals surface area contributed by atoms with Crippen molar-refractivity contribution in [1.29, 1.82) is 0 Å². The molecule has 2 nitrogen and oxygen atoms in total. The zero-order valence-corrected chi connectivity index (χ0v) is 28.3. The van der Waals surface area contributed by atoms with Crippen LogP contribution in [0, 0.1) is 0 Å². The van der Waals surface area contributed by atoms with Crippen molar-refractivity contribution in [2.75, 3.05) is 0 Å². The average molecular weight is 651 g/mol. The standard InChI is InChI=1S/C49H34N2/c1-2-47-50-45-17-9-10-18-46(45)51(47)40-26-23-34(24-27-40)37-25-28-43-44(31-37)49(39-22-20-33-12-4-6-14-36(33)30-39)42-16-8-7-15-41(42)48(43)38-21-19-32-11-3-5-13-35(32)29-38/h3-31H,2H2,1H3. The van der Waals surface area contributed by atoms with E-state index in [0.717, 1.165) is 29.0 Å². The summed E-state index contributed by atoms with van der Waals surface area (Å²) in [5.74, 6) is 1.07. The van der Waals surface area contributed by atoms with Crippen LogP contribution in [0.5, 0.6) is 0 Å². The molecule has 0 aliphatic carbocycles. The number of nitrogens with zero attached hydrogens (tertiary/aromatic N) is 2. The summed E-state index contributed by atoms with van der Waals surface area (Å²) in [6.07, 6.45) is 0.867. The third kappa shape index (κ3) is 4.83. The van der Waals surface area contributed by atoms with E-state index in [2.05, 4.69) is 187 Å². The van der Waals surface area contributed by atoms with Crippen LogP contribution in [0.2, 0.25) is 0 Å². The maximum absolute atomic E-state index is 4.92. The Morgan fingerprint density at radius 3 is 1.57 bits per heavy atom. The Kier molecular flexibility index (Phi) is 6.82. The Hall–Kier alpha value is -6.51. The van der Waals surface area contributed by atoms with Gasteiger partial charge in [-0.25, -0.2) is 4.98 Å². The van der Waals surface area contributed by atoms with E-state index in [-0.39, 0.29) is 0 Å². The van der Waals surface area contributed by atoms with Gasteiger partial charge in [0.25, 0.3) is 0 Å². The van der Waals surface area contributed by atoms with Crippen molar-refractivity contribution >= 4 is 54.1 Å². The molecule has 0 saturated carbocycles. The first kappa shape index (κ1) is 29.4. The highest BCUT2D eigenvalue weighted by Crippen LogP contribution is 2.45. The van der Waals surface area contributed by atoms with Gasteiger partial charge >= 0.3 is 0 Å². The molecular weight excluding hydrogens is 617 g/mol. The topological polar surface area (TPSA) is 17.8 Å². The Morgan fingerprint density at radius 1 is 0.412 bits per heavy atom. The van der Waals surface area contributed by atoms with Crippen LogP contribution in [-0.2, 0) is 6.42 Å². The van der Waals surface area contributed by atoms with Gasteiger partial charge in [0.15, 0.2) is 0 Å². The van der Waals surface area contributed by atoms with Gasteiger partial charge in [-0.3, -0.25) is 4.57 Å². The summed E-state index contributed by atoms with van der Waals surface area (Å²) < 4.78 is 2.29. The summed E-state index contributed by atoms with van der Waals surface area (Å²) in [6, 6.07) is 64.5. The van der Waals surface area contributed by atoms with Crippen molar-refractivity contribution in [2.45, 2.75) is 13.3 Å². The van der Waals surface area contributed by atoms with Crippen LogP contribution in [0.1, 0.15) is 12.7 Å². The predicted octanol–water partition coefficient (Wildman–Crippen LogP) is 13.2. The maximum atomic E-state index is 4.92. The second-order valence-corrected chi connectivity index (χ2v) is 13.4. The number of imidazole rings is 1. The number of para-hydroxylation sites is 2. The lowest BCUT2D eigenvalue weighted by Crippen LogP contribution is -1.99. The molecule has 9 aromatic carbocycles. The molecule has 2 heteroatoms.